The molecule has 2 saturated heterocycles. The fraction of sp³-hybridized carbons (Fsp3) is 0.680. The first-order chi connectivity index (χ1) is 15.0. The van der Waals surface area contributed by atoms with Gasteiger partial charge in [-0.25, -0.2) is 4.79 Å². The van der Waals surface area contributed by atoms with Gasteiger partial charge in [0.1, 0.15) is 0 Å². The molecule has 1 aliphatic carbocycles. The molecule has 6 heteroatoms. The third-order valence-corrected chi connectivity index (χ3v) is 6.95. The lowest BCUT2D eigenvalue weighted by Crippen LogP contribution is -2.57. The predicted molar refractivity (Wildman–Crippen MR) is 121 cm³/mol. The van der Waals surface area contributed by atoms with Crippen LogP contribution in [0.2, 0.25) is 0 Å². The molecule has 2 aliphatic heterocycles. The number of carbonyl (C=O) groups excluding carboxylic acids is 2. The Morgan fingerprint density at radius 1 is 1.13 bits per heavy atom. The molecule has 4 rings (SSSR count). The molecule has 3 aliphatic rings. The lowest BCUT2D eigenvalue weighted by molar-refractivity contribution is -0.147. The molecule has 1 N–H and O–H groups in total. The Bertz CT molecular complexity index is 755. The zero-order chi connectivity index (χ0) is 21.8. The SMILES string of the molecule is CC(C)NC(=O)N(C1CC1)C1CCOC2(CCN(C(=O)CCc3ccccc3)CC2)C1. The minimum absolute atomic E-state index is 0.0769. The Hall–Kier alpha value is -2.08. The second-order valence-corrected chi connectivity index (χ2v) is 9.79. The lowest BCUT2D eigenvalue weighted by Gasteiger charge is -2.48. The van der Waals surface area contributed by atoms with Gasteiger partial charge in [-0.3, -0.25) is 4.79 Å². The van der Waals surface area contributed by atoms with Crippen molar-refractivity contribution in [2.24, 2.45) is 0 Å². The van der Waals surface area contributed by atoms with Gasteiger partial charge >= 0.3 is 6.03 Å². The van der Waals surface area contributed by atoms with Crippen LogP contribution < -0.4 is 5.32 Å². The topological polar surface area (TPSA) is 61.9 Å². The second-order valence-electron chi connectivity index (χ2n) is 9.79. The molecule has 1 atom stereocenters. The van der Waals surface area contributed by atoms with Crippen LogP contribution >= 0.6 is 0 Å². The average Bonchev–Trinajstić information content (AvgIpc) is 3.58. The highest BCUT2D eigenvalue weighted by Crippen LogP contribution is 2.40. The molecule has 0 bridgehead atoms. The molecule has 170 valence electrons. The van der Waals surface area contributed by atoms with Crippen molar-refractivity contribution in [3.8, 4) is 0 Å². The summed E-state index contributed by atoms with van der Waals surface area (Å²) >= 11 is 0. The van der Waals surface area contributed by atoms with Gasteiger partial charge < -0.3 is 19.9 Å². The first kappa shape index (κ1) is 22.1. The summed E-state index contributed by atoms with van der Waals surface area (Å²) in [6, 6.07) is 11.1. The van der Waals surface area contributed by atoms with Gasteiger partial charge in [0.2, 0.25) is 5.91 Å². The first-order valence-electron chi connectivity index (χ1n) is 12.0. The van der Waals surface area contributed by atoms with Gasteiger partial charge in [-0.15, -0.1) is 0 Å². The van der Waals surface area contributed by atoms with Crippen LogP contribution in [-0.4, -0.2) is 65.2 Å². The molecule has 1 saturated carbocycles. The van der Waals surface area contributed by atoms with E-state index in [0.29, 0.717) is 19.1 Å². The zero-order valence-electron chi connectivity index (χ0n) is 19.0. The van der Waals surface area contributed by atoms with Crippen LogP contribution in [-0.2, 0) is 16.0 Å². The third-order valence-electron chi connectivity index (χ3n) is 6.95. The van der Waals surface area contributed by atoms with Crippen molar-refractivity contribution < 1.29 is 14.3 Å². The van der Waals surface area contributed by atoms with Crippen molar-refractivity contribution in [2.45, 2.75) is 88.9 Å². The maximum Gasteiger partial charge on any atom is 0.318 e. The molecule has 1 aromatic rings. The fourth-order valence-electron chi connectivity index (χ4n) is 5.11. The number of amides is 3. The van der Waals surface area contributed by atoms with Crippen molar-refractivity contribution in [1.82, 2.24) is 15.1 Å². The Kier molecular flexibility index (Phi) is 6.85. The molecule has 6 nitrogen and oxygen atoms in total. The summed E-state index contributed by atoms with van der Waals surface area (Å²) in [6.07, 6.45) is 7.10. The smallest absolute Gasteiger partial charge is 0.318 e. The second kappa shape index (κ2) is 9.60. The maximum atomic E-state index is 12.9. The number of nitrogens with one attached hydrogen (secondary N) is 1. The summed E-state index contributed by atoms with van der Waals surface area (Å²) in [5.41, 5.74) is 1.02. The minimum Gasteiger partial charge on any atom is -0.375 e. The minimum atomic E-state index is -0.190. The number of piperidine rings is 1. The van der Waals surface area contributed by atoms with Crippen molar-refractivity contribution in [1.29, 1.82) is 0 Å². The van der Waals surface area contributed by atoms with E-state index in [-0.39, 0.29) is 29.6 Å². The molecular weight excluding hydrogens is 390 g/mol. The number of benzene rings is 1. The van der Waals surface area contributed by atoms with E-state index in [0.717, 1.165) is 58.0 Å². The zero-order valence-corrected chi connectivity index (χ0v) is 19.0. The fourth-order valence-corrected chi connectivity index (χ4v) is 5.11. The van der Waals surface area contributed by atoms with Crippen LogP contribution in [0.15, 0.2) is 30.3 Å². The van der Waals surface area contributed by atoms with Gasteiger partial charge in [-0.2, -0.15) is 0 Å². The van der Waals surface area contributed by atoms with Gasteiger partial charge in [0.05, 0.1) is 5.60 Å². The quantitative estimate of drug-likeness (QED) is 0.752. The molecule has 1 aromatic carbocycles. The van der Waals surface area contributed by atoms with E-state index < -0.39 is 0 Å². The Labute approximate surface area is 186 Å². The molecule has 31 heavy (non-hydrogen) atoms. The van der Waals surface area contributed by atoms with Crippen molar-refractivity contribution >= 4 is 11.9 Å². The Morgan fingerprint density at radius 2 is 1.84 bits per heavy atom. The van der Waals surface area contributed by atoms with Crippen LogP contribution in [0.5, 0.6) is 0 Å². The highest BCUT2D eigenvalue weighted by atomic mass is 16.5. The molecule has 0 radical (unpaired) electrons. The Morgan fingerprint density at radius 3 is 2.48 bits per heavy atom. The van der Waals surface area contributed by atoms with E-state index >= 15 is 0 Å². The Balaban J connectivity index is 1.31. The number of urea groups is 1. The monoisotopic (exact) mass is 427 g/mol. The van der Waals surface area contributed by atoms with Gasteiger partial charge in [0.25, 0.3) is 0 Å². The largest absolute Gasteiger partial charge is 0.375 e. The number of hydrogen-bond donors (Lipinski definition) is 1. The number of hydrogen-bond acceptors (Lipinski definition) is 3. The van der Waals surface area contributed by atoms with Crippen LogP contribution in [0, 0.1) is 0 Å². The first-order valence-corrected chi connectivity index (χ1v) is 12.0. The van der Waals surface area contributed by atoms with Crippen LogP contribution in [0.1, 0.15) is 64.4 Å². The molecule has 0 aromatic heterocycles. The normalized spacial score (nSPS) is 23.1. The highest BCUT2D eigenvalue weighted by Gasteiger charge is 2.46. The van der Waals surface area contributed by atoms with Crippen LogP contribution in [0.4, 0.5) is 4.79 Å². The summed E-state index contributed by atoms with van der Waals surface area (Å²) in [5.74, 6) is 0.238. The third kappa shape index (κ3) is 5.59. The van der Waals surface area contributed by atoms with E-state index in [1.807, 2.05) is 36.9 Å². The number of likely N-dealkylation sites (tertiary alicyclic amines) is 1. The van der Waals surface area contributed by atoms with Crippen LogP contribution in [0.3, 0.4) is 0 Å². The lowest BCUT2D eigenvalue weighted by atomic mass is 9.81. The molecule has 2 heterocycles. The summed E-state index contributed by atoms with van der Waals surface area (Å²) in [5, 5.41) is 3.10. The van der Waals surface area contributed by atoms with Crippen molar-refractivity contribution in [3.05, 3.63) is 35.9 Å². The average molecular weight is 428 g/mol. The predicted octanol–water partition coefficient (Wildman–Crippen LogP) is 3.74. The maximum absolute atomic E-state index is 12.9. The van der Waals surface area contributed by atoms with E-state index in [4.69, 9.17) is 4.74 Å². The van der Waals surface area contributed by atoms with E-state index in [1.165, 1.54) is 5.56 Å². The summed E-state index contributed by atoms with van der Waals surface area (Å²) in [6.45, 7) is 6.23. The molecule has 1 spiro atoms. The van der Waals surface area contributed by atoms with Crippen molar-refractivity contribution in [3.63, 3.8) is 0 Å². The number of rotatable bonds is 6. The highest BCUT2D eigenvalue weighted by molar-refractivity contribution is 5.76. The summed E-state index contributed by atoms with van der Waals surface area (Å²) in [4.78, 5) is 29.7. The number of aryl methyl sites for hydroxylation is 1. The van der Waals surface area contributed by atoms with E-state index in [9.17, 15) is 9.59 Å². The molecule has 3 fully saturated rings. The number of nitrogens with zero attached hydrogens (tertiary/aromatic N) is 2. The number of ether oxygens (including phenoxy) is 1. The van der Waals surface area contributed by atoms with E-state index in [1.54, 1.807) is 0 Å². The molecule has 3 amide bonds. The summed E-state index contributed by atoms with van der Waals surface area (Å²) < 4.78 is 6.31. The van der Waals surface area contributed by atoms with Gasteiger partial charge in [-0.1, -0.05) is 30.3 Å². The van der Waals surface area contributed by atoms with Gasteiger partial charge in [0.15, 0.2) is 0 Å². The van der Waals surface area contributed by atoms with Gasteiger partial charge in [-0.05, 0) is 64.4 Å². The van der Waals surface area contributed by atoms with E-state index in [2.05, 4.69) is 22.3 Å². The standard InChI is InChI=1S/C25H37N3O3/c1-19(2)26-24(30)28(21-9-10-21)22-12-17-31-25(18-22)13-15-27(16-14-25)23(29)11-8-20-6-4-3-5-7-20/h3-7,19,21-22H,8-18H2,1-2H3,(H,26,30). The molecule has 1 unspecified atom stereocenters. The van der Waals surface area contributed by atoms with Crippen molar-refractivity contribution in [2.75, 3.05) is 19.7 Å². The summed E-state index contributed by atoms with van der Waals surface area (Å²) in [7, 11) is 0. The number of carbonyl (C=O) groups is 2. The van der Waals surface area contributed by atoms with Crippen LogP contribution in [0.25, 0.3) is 0 Å². The molecular formula is C25H37N3O3. The van der Waals surface area contributed by atoms with Gasteiger partial charge in [0, 0.05) is 44.2 Å².